The van der Waals surface area contributed by atoms with Crippen LogP contribution in [-0.2, 0) is 16.6 Å². The van der Waals surface area contributed by atoms with Crippen molar-refractivity contribution in [2.24, 2.45) is 0 Å². The van der Waals surface area contributed by atoms with Crippen molar-refractivity contribution in [3.63, 3.8) is 0 Å². The third-order valence-electron chi connectivity index (χ3n) is 2.05. The van der Waals surface area contributed by atoms with Gasteiger partial charge in [0.1, 0.15) is 10.8 Å². The fourth-order valence-electron chi connectivity index (χ4n) is 1.25. The Bertz CT molecular complexity index is 614. The number of aryl methyl sites for hydroxylation is 2. The van der Waals surface area contributed by atoms with E-state index in [1.165, 1.54) is 17.5 Å². The molecule has 0 radical (unpaired) electrons. The number of hydrogen-bond donors (Lipinski definition) is 2. The first-order valence-corrected chi connectivity index (χ1v) is 7.26. The van der Waals surface area contributed by atoms with Crippen molar-refractivity contribution < 1.29 is 8.42 Å². The zero-order valence-corrected chi connectivity index (χ0v) is 11.0. The summed E-state index contributed by atoms with van der Waals surface area (Å²) in [5, 5.41) is 2.69. The second-order valence-electron chi connectivity index (χ2n) is 3.54. The summed E-state index contributed by atoms with van der Waals surface area (Å²) in [5.74, 6) is 0.565. The van der Waals surface area contributed by atoms with Crippen LogP contribution >= 0.6 is 11.3 Å². The van der Waals surface area contributed by atoms with Crippen molar-refractivity contribution in [1.29, 1.82) is 0 Å². The minimum Gasteiger partial charge on any atom is -0.332 e. The largest absolute Gasteiger partial charge is 0.332 e. The van der Waals surface area contributed by atoms with E-state index in [1.807, 2.05) is 12.3 Å². The molecule has 0 aliphatic rings. The van der Waals surface area contributed by atoms with Gasteiger partial charge in [-0.1, -0.05) is 0 Å². The van der Waals surface area contributed by atoms with Crippen molar-refractivity contribution in [2.45, 2.75) is 25.4 Å². The summed E-state index contributed by atoms with van der Waals surface area (Å²) in [6.45, 7) is 3.76. The van der Waals surface area contributed by atoms with Crippen LogP contribution in [0, 0.1) is 13.8 Å². The van der Waals surface area contributed by atoms with Crippen molar-refractivity contribution in [2.75, 3.05) is 0 Å². The summed E-state index contributed by atoms with van der Waals surface area (Å²) >= 11 is 1.43. The molecule has 0 saturated heterocycles. The Hall–Kier alpha value is -1.25. The van der Waals surface area contributed by atoms with Crippen LogP contribution in [0.4, 0.5) is 0 Å². The Morgan fingerprint density at radius 2 is 2.24 bits per heavy atom. The third kappa shape index (κ3) is 2.90. The molecule has 0 atom stereocenters. The molecule has 17 heavy (non-hydrogen) atoms. The molecule has 2 aromatic heterocycles. The summed E-state index contributed by atoms with van der Waals surface area (Å²) in [5.41, 5.74) is 0.890. The predicted octanol–water partition coefficient (Wildman–Crippen LogP) is 0.962. The van der Waals surface area contributed by atoms with E-state index in [2.05, 4.69) is 19.7 Å². The number of nitrogens with zero attached hydrogens (tertiary/aromatic N) is 2. The van der Waals surface area contributed by atoms with Crippen LogP contribution in [0.3, 0.4) is 0 Å². The molecule has 0 amide bonds. The monoisotopic (exact) mass is 272 g/mol. The normalized spacial score (nSPS) is 11.9. The highest BCUT2D eigenvalue weighted by molar-refractivity contribution is 7.89. The van der Waals surface area contributed by atoms with E-state index >= 15 is 0 Å². The number of imidazole rings is 1. The zero-order chi connectivity index (χ0) is 12.5. The van der Waals surface area contributed by atoms with E-state index in [4.69, 9.17) is 0 Å². The number of nitrogens with one attached hydrogen (secondary N) is 2. The van der Waals surface area contributed by atoms with Gasteiger partial charge in [0.25, 0.3) is 10.0 Å². The number of H-pyrrole nitrogens is 1. The molecule has 0 unspecified atom stereocenters. The Kier molecular flexibility index (Phi) is 3.27. The van der Waals surface area contributed by atoms with Crippen molar-refractivity contribution in [3.05, 3.63) is 28.1 Å². The molecule has 0 aromatic carbocycles. The van der Waals surface area contributed by atoms with Gasteiger partial charge in [0.15, 0.2) is 5.03 Å². The molecule has 2 heterocycles. The van der Waals surface area contributed by atoms with Gasteiger partial charge >= 0.3 is 0 Å². The van der Waals surface area contributed by atoms with Gasteiger partial charge in [0.05, 0.1) is 12.7 Å². The Labute approximate surface area is 103 Å². The lowest BCUT2D eigenvalue weighted by atomic mass is 10.6. The highest BCUT2D eigenvalue weighted by Gasteiger charge is 2.16. The first-order chi connectivity index (χ1) is 7.97. The van der Waals surface area contributed by atoms with Gasteiger partial charge in [-0.15, -0.1) is 11.3 Å². The lowest BCUT2D eigenvalue weighted by Crippen LogP contribution is -2.23. The van der Waals surface area contributed by atoms with Crippen molar-refractivity contribution >= 4 is 21.4 Å². The quantitative estimate of drug-likeness (QED) is 0.867. The summed E-state index contributed by atoms with van der Waals surface area (Å²) in [6.07, 6.45) is 1.30. The van der Waals surface area contributed by atoms with Crippen molar-refractivity contribution in [3.8, 4) is 0 Å². The second-order valence-corrected chi connectivity index (χ2v) is 6.22. The number of hydrogen-bond acceptors (Lipinski definition) is 5. The molecule has 0 aliphatic heterocycles. The van der Waals surface area contributed by atoms with Crippen LogP contribution in [0.5, 0.6) is 0 Å². The molecular weight excluding hydrogens is 260 g/mol. The molecule has 8 heteroatoms. The number of thiazole rings is 1. The number of aromatic nitrogens is 3. The average Bonchev–Trinajstić information content (AvgIpc) is 2.85. The summed E-state index contributed by atoms with van der Waals surface area (Å²) < 4.78 is 26.1. The van der Waals surface area contributed by atoms with E-state index < -0.39 is 10.0 Å². The van der Waals surface area contributed by atoms with E-state index in [0.29, 0.717) is 5.82 Å². The summed E-state index contributed by atoms with van der Waals surface area (Å²) in [4.78, 5) is 10.7. The van der Waals surface area contributed by atoms with E-state index in [9.17, 15) is 8.42 Å². The van der Waals surface area contributed by atoms with Crippen molar-refractivity contribution in [1.82, 2.24) is 19.7 Å². The number of rotatable bonds is 4. The van der Waals surface area contributed by atoms with Crippen LogP contribution < -0.4 is 4.72 Å². The lowest BCUT2D eigenvalue weighted by molar-refractivity contribution is 0.577. The first-order valence-electron chi connectivity index (χ1n) is 4.89. The predicted molar refractivity (Wildman–Crippen MR) is 64.2 cm³/mol. The molecule has 6 nitrogen and oxygen atoms in total. The van der Waals surface area contributed by atoms with E-state index in [-0.39, 0.29) is 11.6 Å². The van der Waals surface area contributed by atoms with E-state index in [1.54, 1.807) is 6.92 Å². The van der Waals surface area contributed by atoms with Gasteiger partial charge in [0.2, 0.25) is 0 Å². The fraction of sp³-hybridized carbons (Fsp3) is 0.333. The number of aromatic amines is 1. The molecular formula is C9H12N4O2S2. The minimum absolute atomic E-state index is 0.0725. The molecule has 0 saturated carbocycles. The average molecular weight is 272 g/mol. The maximum absolute atomic E-state index is 11.8. The number of sulfonamides is 1. The summed E-state index contributed by atoms with van der Waals surface area (Å²) in [7, 11) is -3.53. The minimum atomic E-state index is -3.53. The molecule has 2 rings (SSSR count). The smallest absolute Gasteiger partial charge is 0.258 e. The zero-order valence-electron chi connectivity index (χ0n) is 9.39. The summed E-state index contributed by atoms with van der Waals surface area (Å²) in [6, 6.07) is 0. The Morgan fingerprint density at radius 1 is 1.47 bits per heavy atom. The van der Waals surface area contributed by atoms with Gasteiger partial charge in [-0.25, -0.2) is 23.1 Å². The van der Waals surface area contributed by atoms with Crippen LogP contribution in [-0.4, -0.2) is 23.4 Å². The maximum atomic E-state index is 11.8. The van der Waals surface area contributed by atoms with Gasteiger partial charge in [-0.05, 0) is 13.8 Å². The maximum Gasteiger partial charge on any atom is 0.258 e. The standard InChI is InChI=1S/C9H12N4O2S2/c1-6-5-16-8(12-6)3-11-17(14,15)9-4-10-7(2)13-9/h4-5,11H,3H2,1-2H3,(H,10,13). The highest BCUT2D eigenvalue weighted by atomic mass is 32.2. The molecule has 0 spiro atoms. The molecule has 2 N–H and O–H groups in total. The van der Waals surface area contributed by atoms with Gasteiger partial charge < -0.3 is 4.98 Å². The second kappa shape index (κ2) is 4.55. The third-order valence-corrected chi connectivity index (χ3v) is 4.33. The lowest BCUT2D eigenvalue weighted by Gasteiger charge is -2.01. The Morgan fingerprint density at radius 3 is 2.76 bits per heavy atom. The topological polar surface area (TPSA) is 87.7 Å². The van der Waals surface area contributed by atoms with E-state index in [0.717, 1.165) is 10.7 Å². The van der Waals surface area contributed by atoms with Crippen LogP contribution in [0.25, 0.3) is 0 Å². The molecule has 92 valence electrons. The fourth-order valence-corrected chi connectivity index (χ4v) is 3.01. The van der Waals surface area contributed by atoms with Gasteiger partial charge in [-0.3, -0.25) is 0 Å². The van der Waals surface area contributed by atoms with Crippen LogP contribution in [0.15, 0.2) is 16.6 Å². The molecule has 0 fully saturated rings. The Balaban J connectivity index is 2.08. The van der Waals surface area contributed by atoms with Crippen LogP contribution in [0.2, 0.25) is 0 Å². The molecule has 0 bridgehead atoms. The molecule has 0 aliphatic carbocycles. The first kappa shape index (κ1) is 12.2. The SMILES string of the molecule is Cc1csc(CNS(=O)(=O)c2cnc(C)[nH]2)n1. The van der Waals surface area contributed by atoms with Crippen LogP contribution in [0.1, 0.15) is 16.5 Å². The van der Waals surface area contributed by atoms with Gasteiger partial charge in [-0.2, -0.15) is 0 Å². The molecule has 2 aromatic rings. The van der Waals surface area contributed by atoms with Gasteiger partial charge in [0, 0.05) is 11.1 Å². The highest BCUT2D eigenvalue weighted by Crippen LogP contribution is 2.10.